The van der Waals surface area contributed by atoms with Crippen LogP contribution in [0.2, 0.25) is 0 Å². The van der Waals surface area contributed by atoms with Gasteiger partial charge in [0.15, 0.2) is 0 Å². The summed E-state index contributed by atoms with van der Waals surface area (Å²) in [5, 5.41) is 9.66. The average molecular weight is 320 g/mol. The molecular formula is C20H20N2O2. The van der Waals surface area contributed by atoms with Crippen molar-refractivity contribution in [2.45, 2.75) is 24.9 Å². The number of aryl methyl sites for hydroxylation is 1. The number of ether oxygens (including phenoxy) is 1. The van der Waals surface area contributed by atoms with Gasteiger partial charge >= 0.3 is 5.97 Å². The lowest BCUT2D eigenvalue weighted by atomic mass is 9.99. The fourth-order valence-corrected chi connectivity index (χ4v) is 3.12. The summed E-state index contributed by atoms with van der Waals surface area (Å²) in [5.74, 6) is -0.262. The minimum atomic E-state index is -0.316. The van der Waals surface area contributed by atoms with Crippen LogP contribution in [0.5, 0.6) is 0 Å². The fraction of sp³-hybridized carbons (Fsp3) is 0.300. The van der Waals surface area contributed by atoms with Gasteiger partial charge in [-0.25, -0.2) is 0 Å². The maximum Gasteiger partial charge on any atom is 0.320 e. The number of nitrogens with zero attached hydrogens (tertiary/aromatic N) is 2. The summed E-state index contributed by atoms with van der Waals surface area (Å²) < 4.78 is 5.24. The third kappa shape index (κ3) is 3.81. The Morgan fingerprint density at radius 1 is 1.12 bits per heavy atom. The second-order valence-electron chi connectivity index (χ2n) is 5.95. The Morgan fingerprint density at radius 2 is 1.79 bits per heavy atom. The van der Waals surface area contributed by atoms with E-state index in [4.69, 9.17) is 4.74 Å². The van der Waals surface area contributed by atoms with Gasteiger partial charge in [-0.2, -0.15) is 5.26 Å². The maximum absolute atomic E-state index is 11.8. The molecule has 122 valence electrons. The highest BCUT2D eigenvalue weighted by Crippen LogP contribution is 2.28. The van der Waals surface area contributed by atoms with E-state index in [1.54, 1.807) is 0 Å². The third-order valence-electron chi connectivity index (χ3n) is 4.40. The van der Waals surface area contributed by atoms with Crippen molar-refractivity contribution in [2.75, 3.05) is 13.2 Å². The Balaban J connectivity index is 1.76. The summed E-state index contributed by atoms with van der Waals surface area (Å²) in [5.41, 5.74) is 2.28. The molecule has 1 heterocycles. The minimum Gasteiger partial charge on any atom is -0.463 e. The smallest absolute Gasteiger partial charge is 0.320 e. The Kier molecular flexibility index (Phi) is 5.25. The Bertz CT molecular complexity index is 709. The molecule has 0 amide bonds. The van der Waals surface area contributed by atoms with E-state index in [9.17, 15) is 10.1 Å². The summed E-state index contributed by atoms with van der Waals surface area (Å²) in [6, 6.07) is 22.0. The molecule has 1 aliphatic heterocycles. The number of cyclic esters (lactones) is 1. The summed E-state index contributed by atoms with van der Waals surface area (Å²) in [6.45, 7) is 0.457. The van der Waals surface area contributed by atoms with Gasteiger partial charge in [0.1, 0.15) is 6.61 Å². The van der Waals surface area contributed by atoms with E-state index >= 15 is 0 Å². The minimum absolute atomic E-state index is 0.0654. The zero-order chi connectivity index (χ0) is 16.8. The van der Waals surface area contributed by atoms with Crippen LogP contribution in [0.4, 0.5) is 0 Å². The summed E-state index contributed by atoms with van der Waals surface area (Å²) in [7, 11) is 0. The van der Waals surface area contributed by atoms with Crippen LogP contribution in [0, 0.1) is 11.3 Å². The van der Waals surface area contributed by atoms with Crippen LogP contribution in [0.15, 0.2) is 60.7 Å². The molecule has 4 nitrogen and oxygen atoms in total. The molecule has 0 aliphatic carbocycles. The van der Waals surface area contributed by atoms with E-state index in [2.05, 4.69) is 18.2 Å². The topological polar surface area (TPSA) is 53.3 Å². The molecule has 0 bridgehead atoms. The molecule has 1 aliphatic rings. The number of benzene rings is 2. The number of esters is 1. The van der Waals surface area contributed by atoms with Gasteiger partial charge in [0.25, 0.3) is 0 Å². The highest BCUT2D eigenvalue weighted by molar-refractivity contribution is 5.72. The van der Waals surface area contributed by atoms with Crippen molar-refractivity contribution in [3.63, 3.8) is 0 Å². The molecule has 0 saturated carbocycles. The first-order valence-electron chi connectivity index (χ1n) is 8.18. The molecule has 2 aromatic carbocycles. The number of hydrogen-bond acceptors (Lipinski definition) is 4. The number of morpholine rings is 1. The summed E-state index contributed by atoms with van der Waals surface area (Å²) in [6.07, 6.45) is 1.50. The van der Waals surface area contributed by atoms with E-state index in [0.717, 1.165) is 12.0 Å². The van der Waals surface area contributed by atoms with E-state index < -0.39 is 0 Å². The Labute approximate surface area is 142 Å². The number of carbonyl (C=O) groups excluding carboxylic acids is 1. The van der Waals surface area contributed by atoms with Crippen LogP contribution in [0.25, 0.3) is 0 Å². The molecule has 0 radical (unpaired) electrons. The van der Waals surface area contributed by atoms with Crippen LogP contribution < -0.4 is 0 Å². The molecule has 0 unspecified atom stereocenters. The van der Waals surface area contributed by atoms with Gasteiger partial charge in [-0.1, -0.05) is 60.7 Å². The van der Waals surface area contributed by atoms with E-state index in [-0.39, 0.29) is 24.6 Å². The molecule has 0 spiro atoms. The Morgan fingerprint density at radius 3 is 2.46 bits per heavy atom. The van der Waals surface area contributed by atoms with Crippen molar-refractivity contribution in [3.05, 3.63) is 71.8 Å². The summed E-state index contributed by atoms with van der Waals surface area (Å²) in [4.78, 5) is 13.7. The van der Waals surface area contributed by atoms with E-state index in [1.165, 1.54) is 5.56 Å². The first kappa shape index (κ1) is 16.2. The lowest BCUT2D eigenvalue weighted by Gasteiger charge is -2.37. The predicted molar refractivity (Wildman–Crippen MR) is 91.0 cm³/mol. The highest BCUT2D eigenvalue weighted by Gasteiger charge is 2.34. The van der Waals surface area contributed by atoms with Crippen molar-refractivity contribution >= 4 is 5.97 Å². The van der Waals surface area contributed by atoms with Crippen molar-refractivity contribution in [3.8, 4) is 6.07 Å². The molecule has 1 saturated heterocycles. The third-order valence-corrected chi connectivity index (χ3v) is 4.40. The van der Waals surface area contributed by atoms with Crippen molar-refractivity contribution < 1.29 is 9.53 Å². The van der Waals surface area contributed by atoms with Crippen LogP contribution in [0.1, 0.15) is 23.6 Å². The van der Waals surface area contributed by atoms with Crippen molar-refractivity contribution in [1.82, 2.24) is 4.90 Å². The van der Waals surface area contributed by atoms with Crippen LogP contribution in [0.3, 0.4) is 0 Å². The average Bonchev–Trinajstić information content (AvgIpc) is 2.64. The zero-order valence-electron chi connectivity index (χ0n) is 13.5. The number of carbonyl (C=O) groups is 1. The number of hydrogen-bond donors (Lipinski definition) is 0. The van der Waals surface area contributed by atoms with Gasteiger partial charge in [0, 0.05) is 0 Å². The second kappa shape index (κ2) is 7.76. The largest absolute Gasteiger partial charge is 0.463 e. The van der Waals surface area contributed by atoms with Gasteiger partial charge < -0.3 is 4.74 Å². The van der Waals surface area contributed by atoms with Gasteiger partial charge in [0.2, 0.25) is 0 Å². The van der Waals surface area contributed by atoms with Crippen LogP contribution in [-0.2, 0) is 16.0 Å². The molecule has 24 heavy (non-hydrogen) atoms. The molecule has 0 N–H and O–H groups in total. The van der Waals surface area contributed by atoms with Crippen LogP contribution in [-0.4, -0.2) is 30.1 Å². The Hall–Kier alpha value is -2.64. The molecule has 2 aromatic rings. The van der Waals surface area contributed by atoms with E-state index in [0.29, 0.717) is 13.0 Å². The normalized spacial score (nSPS) is 19.3. The predicted octanol–water partition coefficient (Wildman–Crippen LogP) is 3.11. The molecule has 4 heteroatoms. The molecule has 0 aromatic heterocycles. The summed E-state index contributed by atoms with van der Waals surface area (Å²) >= 11 is 0. The quantitative estimate of drug-likeness (QED) is 0.794. The van der Waals surface area contributed by atoms with E-state index in [1.807, 2.05) is 53.4 Å². The van der Waals surface area contributed by atoms with Crippen molar-refractivity contribution in [1.29, 1.82) is 5.26 Å². The van der Waals surface area contributed by atoms with Crippen molar-refractivity contribution in [2.24, 2.45) is 0 Å². The van der Waals surface area contributed by atoms with Gasteiger partial charge in [-0.05, 0) is 24.0 Å². The van der Waals surface area contributed by atoms with Gasteiger partial charge in [-0.3, -0.25) is 9.69 Å². The zero-order valence-corrected chi connectivity index (χ0v) is 13.5. The highest BCUT2D eigenvalue weighted by atomic mass is 16.5. The fourth-order valence-electron chi connectivity index (χ4n) is 3.12. The van der Waals surface area contributed by atoms with Gasteiger partial charge in [0.05, 0.1) is 24.7 Å². The van der Waals surface area contributed by atoms with Gasteiger partial charge in [-0.15, -0.1) is 0 Å². The first-order chi connectivity index (χ1) is 11.8. The molecule has 1 fully saturated rings. The number of rotatable bonds is 5. The lowest BCUT2D eigenvalue weighted by molar-refractivity contribution is -0.156. The maximum atomic E-state index is 11.8. The molecular weight excluding hydrogens is 300 g/mol. The monoisotopic (exact) mass is 320 g/mol. The second-order valence-corrected chi connectivity index (χ2v) is 5.95. The number of nitriles is 1. The first-order valence-corrected chi connectivity index (χ1v) is 8.18. The van der Waals surface area contributed by atoms with Crippen LogP contribution >= 0.6 is 0 Å². The molecule has 3 rings (SSSR count). The molecule has 2 atom stereocenters. The SMILES string of the molecule is N#C[C@@H](CCc1ccccc1)N1CC(=O)OC[C@@H]1c1ccccc1. The lowest BCUT2D eigenvalue weighted by Crippen LogP contribution is -2.47. The standard InChI is InChI=1S/C20H20N2O2/c21-13-18(12-11-16-7-3-1-4-8-16)22-14-20(23)24-15-19(22)17-9-5-2-6-10-17/h1-10,18-19H,11-12,14-15H2/t18-,19-/m1/s1.